The van der Waals surface area contributed by atoms with Gasteiger partial charge in [-0.3, -0.25) is 19.4 Å². The summed E-state index contributed by atoms with van der Waals surface area (Å²) < 4.78 is 16.7. The number of hydrogen-bond donors (Lipinski definition) is 1. The molecular formula is C27H36N4O6. The summed E-state index contributed by atoms with van der Waals surface area (Å²) >= 11 is 0. The van der Waals surface area contributed by atoms with Gasteiger partial charge in [-0.1, -0.05) is 13.0 Å². The summed E-state index contributed by atoms with van der Waals surface area (Å²) in [6.45, 7) is 4.75. The van der Waals surface area contributed by atoms with Crippen molar-refractivity contribution in [3.63, 3.8) is 0 Å². The maximum atomic E-state index is 13.4. The van der Waals surface area contributed by atoms with Crippen LogP contribution in [0, 0.1) is 5.92 Å². The third-order valence-corrected chi connectivity index (χ3v) is 6.38. The summed E-state index contributed by atoms with van der Waals surface area (Å²) in [5.74, 6) is -0.346. The first kappa shape index (κ1) is 28.1. The Kier molecular flexibility index (Phi) is 9.99. The topological polar surface area (TPSA) is 110 Å². The maximum absolute atomic E-state index is 13.4. The molecule has 0 aliphatic carbocycles. The highest BCUT2D eigenvalue weighted by Crippen LogP contribution is 2.26. The van der Waals surface area contributed by atoms with E-state index in [-0.39, 0.29) is 55.4 Å². The van der Waals surface area contributed by atoms with Crippen molar-refractivity contribution < 1.29 is 28.6 Å². The molecule has 1 N–H and O–H groups in total. The van der Waals surface area contributed by atoms with Crippen molar-refractivity contribution in [1.82, 2.24) is 14.8 Å². The van der Waals surface area contributed by atoms with E-state index in [0.29, 0.717) is 35.8 Å². The van der Waals surface area contributed by atoms with Gasteiger partial charge >= 0.3 is 0 Å². The highest BCUT2D eigenvalue weighted by atomic mass is 16.5. The molecular weight excluding hydrogens is 476 g/mol. The zero-order chi connectivity index (χ0) is 26.9. The molecule has 1 aliphatic rings. The molecule has 1 aromatic carbocycles. The molecule has 0 spiro atoms. The molecule has 3 atom stereocenters. The minimum Gasteiger partial charge on any atom is -0.491 e. The summed E-state index contributed by atoms with van der Waals surface area (Å²) in [4.78, 5) is 46.5. The molecule has 3 amide bonds. The molecule has 3 rings (SSSR count). The Morgan fingerprint density at radius 2 is 1.95 bits per heavy atom. The molecule has 2 heterocycles. The Morgan fingerprint density at radius 3 is 2.62 bits per heavy atom. The molecule has 0 saturated heterocycles. The van der Waals surface area contributed by atoms with Crippen LogP contribution in [-0.4, -0.2) is 92.2 Å². The van der Waals surface area contributed by atoms with E-state index in [1.165, 1.54) is 7.11 Å². The van der Waals surface area contributed by atoms with Gasteiger partial charge in [0.25, 0.3) is 5.91 Å². The lowest BCUT2D eigenvalue weighted by Crippen LogP contribution is -2.49. The van der Waals surface area contributed by atoms with E-state index >= 15 is 0 Å². The number of hydrogen-bond acceptors (Lipinski definition) is 7. The number of nitrogens with zero attached hydrogens (tertiary/aromatic N) is 3. The second-order valence-corrected chi connectivity index (χ2v) is 9.33. The lowest BCUT2D eigenvalue weighted by atomic mass is 10.0. The smallest absolute Gasteiger partial charge is 0.257 e. The summed E-state index contributed by atoms with van der Waals surface area (Å²) in [7, 11) is 4.73. The predicted octanol–water partition coefficient (Wildman–Crippen LogP) is 2.24. The number of nitrogens with one attached hydrogen (secondary N) is 1. The van der Waals surface area contributed by atoms with Gasteiger partial charge in [0.15, 0.2) is 0 Å². The number of ether oxygens (including phenoxy) is 3. The van der Waals surface area contributed by atoms with Gasteiger partial charge in [-0.05, 0) is 37.3 Å². The van der Waals surface area contributed by atoms with Gasteiger partial charge in [0.05, 0.1) is 24.1 Å². The van der Waals surface area contributed by atoms with E-state index in [1.54, 1.807) is 48.4 Å². The number of methoxy groups -OCH3 is 2. The van der Waals surface area contributed by atoms with Crippen LogP contribution in [0.4, 0.5) is 5.69 Å². The lowest BCUT2D eigenvalue weighted by Gasteiger charge is -2.36. The monoisotopic (exact) mass is 512 g/mol. The van der Waals surface area contributed by atoms with Gasteiger partial charge in [-0.25, -0.2) is 0 Å². The lowest BCUT2D eigenvalue weighted by molar-refractivity contribution is -0.134. The summed E-state index contributed by atoms with van der Waals surface area (Å²) in [5.41, 5.74) is 1.45. The van der Waals surface area contributed by atoms with Crippen LogP contribution >= 0.6 is 0 Å². The third kappa shape index (κ3) is 7.50. The second kappa shape index (κ2) is 13.2. The second-order valence-electron chi connectivity index (χ2n) is 9.33. The predicted molar refractivity (Wildman–Crippen MR) is 138 cm³/mol. The SMILES string of the molecule is COCC(=O)Nc1ccc2c(c1)C(=O)N(C)C[C@H](OC)[C@@H](C)CN(C(=O)Cc1ccccn1)[C@@H](C)CO2. The maximum Gasteiger partial charge on any atom is 0.257 e. The van der Waals surface area contributed by atoms with Crippen LogP contribution in [-0.2, 0) is 25.5 Å². The molecule has 37 heavy (non-hydrogen) atoms. The number of carbonyl (C=O) groups is 3. The van der Waals surface area contributed by atoms with E-state index in [9.17, 15) is 14.4 Å². The number of anilines is 1. The summed E-state index contributed by atoms with van der Waals surface area (Å²) in [6.07, 6.45) is 1.54. The van der Waals surface area contributed by atoms with Crippen molar-refractivity contribution in [3.8, 4) is 5.75 Å². The number of aromatic nitrogens is 1. The van der Waals surface area contributed by atoms with E-state index in [1.807, 2.05) is 32.0 Å². The van der Waals surface area contributed by atoms with Gasteiger partial charge in [0, 0.05) is 57.9 Å². The van der Waals surface area contributed by atoms with E-state index in [2.05, 4.69) is 10.3 Å². The standard InChI is InChI=1S/C27H36N4O6/c1-18-14-31(26(33)13-20-8-6-7-11-28-20)19(2)16-37-23-10-9-21(29-25(32)17-35-4)12-22(23)27(34)30(3)15-24(18)36-5/h6-12,18-19,24H,13-17H2,1-5H3,(H,29,32)/t18-,19-,24-/m0/s1. The van der Waals surface area contributed by atoms with Crippen molar-refractivity contribution >= 4 is 23.4 Å². The van der Waals surface area contributed by atoms with Crippen LogP contribution in [0.5, 0.6) is 5.75 Å². The number of benzene rings is 1. The van der Waals surface area contributed by atoms with Crippen LogP contribution in [0.1, 0.15) is 29.9 Å². The molecule has 2 aromatic rings. The largest absolute Gasteiger partial charge is 0.491 e. The van der Waals surface area contributed by atoms with Gasteiger partial charge in [-0.15, -0.1) is 0 Å². The number of pyridine rings is 1. The fourth-order valence-electron chi connectivity index (χ4n) is 4.29. The first-order chi connectivity index (χ1) is 17.7. The highest BCUT2D eigenvalue weighted by Gasteiger charge is 2.30. The van der Waals surface area contributed by atoms with Crippen molar-refractivity contribution in [3.05, 3.63) is 53.9 Å². The molecule has 10 nitrogen and oxygen atoms in total. The van der Waals surface area contributed by atoms with Gasteiger partial charge in [0.2, 0.25) is 11.8 Å². The minimum atomic E-state index is -0.332. The molecule has 0 saturated carbocycles. The van der Waals surface area contributed by atoms with E-state index < -0.39 is 0 Å². The van der Waals surface area contributed by atoms with Crippen molar-refractivity contribution in [2.45, 2.75) is 32.4 Å². The van der Waals surface area contributed by atoms with Crippen LogP contribution in [0.2, 0.25) is 0 Å². The Balaban J connectivity index is 1.92. The van der Waals surface area contributed by atoms with Crippen molar-refractivity contribution in [2.24, 2.45) is 5.92 Å². The molecule has 10 heteroatoms. The van der Waals surface area contributed by atoms with Gasteiger partial charge in [-0.2, -0.15) is 0 Å². The number of likely N-dealkylation sites (N-methyl/N-ethyl adjacent to an activating group) is 1. The van der Waals surface area contributed by atoms with Crippen LogP contribution < -0.4 is 10.1 Å². The molecule has 1 aliphatic heterocycles. The van der Waals surface area contributed by atoms with Crippen LogP contribution in [0.15, 0.2) is 42.6 Å². The van der Waals surface area contributed by atoms with Crippen molar-refractivity contribution in [2.75, 3.05) is 52.9 Å². The Bertz CT molecular complexity index is 1080. The fourth-order valence-corrected chi connectivity index (χ4v) is 4.29. The first-order valence-corrected chi connectivity index (χ1v) is 12.3. The molecule has 1 aromatic heterocycles. The first-order valence-electron chi connectivity index (χ1n) is 12.3. The zero-order valence-corrected chi connectivity index (χ0v) is 22.1. The van der Waals surface area contributed by atoms with Crippen molar-refractivity contribution in [1.29, 1.82) is 0 Å². The third-order valence-electron chi connectivity index (χ3n) is 6.38. The number of rotatable bonds is 6. The molecule has 200 valence electrons. The van der Waals surface area contributed by atoms with Gasteiger partial charge < -0.3 is 29.3 Å². The van der Waals surface area contributed by atoms with Gasteiger partial charge in [0.1, 0.15) is 19.0 Å². The van der Waals surface area contributed by atoms with E-state index in [4.69, 9.17) is 14.2 Å². The minimum absolute atomic E-state index is 0.0607. The quantitative estimate of drug-likeness (QED) is 0.632. The summed E-state index contributed by atoms with van der Waals surface area (Å²) in [5, 5.41) is 2.72. The average Bonchev–Trinajstić information content (AvgIpc) is 2.88. The molecule has 0 bridgehead atoms. The Morgan fingerprint density at radius 1 is 1.16 bits per heavy atom. The van der Waals surface area contributed by atoms with Crippen LogP contribution in [0.25, 0.3) is 0 Å². The molecule has 0 fully saturated rings. The highest BCUT2D eigenvalue weighted by molar-refractivity contribution is 5.99. The Hall–Kier alpha value is -3.50. The normalized spacial score (nSPS) is 20.8. The summed E-state index contributed by atoms with van der Waals surface area (Å²) in [6, 6.07) is 10.1. The average molecular weight is 513 g/mol. The van der Waals surface area contributed by atoms with Crippen LogP contribution in [0.3, 0.4) is 0 Å². The molecule has 0 radical (unpaired) electrons. The fraction of sp³-hybridized carbons (Fsp3) is 0.481. The number of amides is 3. The number of carbonyl (C=O) groups excluding carboxylic acids is 3. The Labute approximate surface area is 217 Å². The van der Waals surface area contributed by atoms with E-state index in [0.717, 1.165) is 0 Å². The zero-order valence-electron chi connectivity index (χ0n) is 22.1. The number of fused-ring (bicyclic) bond motifs is 1. The molecule has 0 unspecified atom stereocenters.